The van der Waals surface area contributed by atoms with Gasteiger partial charge in [-0.15, -0.1) is 0 Å². The Morgan fingerprint density at radius 1 is 0.704 bits per heavy atom. The van der Waals surface area contributed by atoms with E-state index in [0.717, 1.165) is 27.6 Å². The van der Waals surface area contributed by atoms with Gasteiger partial charge in [0, 0.05) is 10.9 Å². The number of hydrogen-bond donors (Lipinski definition) is 3. The molecule has 0 saturated carbocycles. The Morgan fingerprint density at radius 2 is 1.41 bits per heavy atom. The predicted molar refractivity (Wildman–Crippen MR) is 110 cm³/mol. The number of phenolic OH excluding ortho intramolecular Hbond substituents is 1. The molecule has 4 aromatic carbocycles. The monoisotopic (exact) mass is 354 g/mol. The zero-order chi connectivity index (χ0) is 18.6. The number of anilines is 2. The molecule has 0 aliphatic rings. The average Bonchev–Trinajstić information content (AvgIpc) is 2.69. The number of nitrogens with one attached hydrogen (secondary N) is 2. The highest BCUT2D eigenvalue weighted by Crippen LogP contribution is 2.29. The van der Waals surface area contributed by atoms with Gasteiger partial charge in [-0.2, -0.15) is 0 Å². The summed E-state index contributed by atoms with van der Waals surface area (Å²) < 4.78 is 0. The van der Waals surface area contributed by atoms with E-state index in [1.54, 1.807) is 12.1 Å². The van der Waals surface area contributed by atoms with Crippen molar-refractivity contribution in [1.29, 1.82) is 0 Å². The summed E-state index contributed by atoms with van der Waals surface area (Å²) in [4.78, 5) is 12.6. The fourth-order valence-electron chi connectivity index (χ4n) is 3.11. The van der Waals surface area contributed by atoms with Crippen molar-refractivity contribution in [2.75, 3.05) is 10.6 Å². The van der Waals surface area contributed by atoms with Crippen LogP contribution in [-0.2, 0) is 0 Å². The van der Waals surface area contributed by atoms with Gasteiger partial charge in [-0.1, -0.05) is 66.7 Å². The Kier molecular flexibility index (Phi) is 4.45. The van der Waals surface area contributed by atoms with Crippen molar-refractivity contribution < 1.29 is 9.90 Å². The molecule has 4 nitrogen and oxygen atoms in total. The maximum absolute atomic E-state index is 12.6. The van der Waals surface area contributed by atoms with Crippen LogP contribution in [-0.4, -0.2) is 11.1 Å². The molecular weight excluding hydrogens is 336 g/mol. The minimum atomic E-state index is -0.339. The number of hydrogen-bond acceptors (Lipinski definition) is 2. The van der Waals surface area contributed by atoms with Crippen LogP contribution in [0.4, 0.5) is 16.2 Å². The molecule has 2 amide bonds. The zero-order valence-corrected chi connectivity index (χ0v) is 14.5. The summed E-state index contributed by atoms with van der Waals surface area (Å²) in [6.45, 7) is 0. The summed E-state index contributed by atoms with van der Waals surface area (Å²) in [5, 5.41) is 17.3. The van der Waals surface area contributed by atoms with Gasteiger partial charge in [0.05, 0.1) is 11.4 Å². The second kappa shape index (κ2) is 7.22. The van der Waals surface area contributed by atoms with Crippen LogP contribution in [0.5, 0.6) is 5.75 Å². The summed E-state index contributed by atoms with van der Waals surface area (Å²) in [5.41, 5.74) is 3.34. The van der Waals surface area contributed by atoms with Crippen LogP contribution in [0, 0.1) is 0 Å². The van der Waals surface area contributed by atoms with E-state index in [2.05, 4.69) is 10.6 Å². The van der Waals surface area contributed by atoms with Crippen LogP contribution >= 0.6 is 0 Å². The molecule has 4 rings (SSSR count). The molecule has 0 heterocycles. The molecule has 0 bridgehead atoms. The molecule has 4 heteroatoms. The van der Waals surface area contributed by atoms with Gasteiger partial charge in [-0.05, 0) is 35.2 Å². The lowest BCUT2D eigenvalue weighted by Gasteiger charge is -2.13. The van der Waals surface area contributed by atoms with Crippen molar-refractivity contribution >= 4 is 28.2 Å². The molecule has 0 atom stereocenters. The summed E-state index contributed by atoms with van der Waals surface area (Å²) in [6.07, 6.45) is 0. The Hall–Kier alpha value is -3.79. The Bertz CT molecular complexity index is 1110. The minimum Gasteiger partial charge on any atom is -0.508 e. The first-order valence-electron chi connectivity index (χ1n) is 8.65. The van der Waals surface area contributed by atoms with E-state index in [0.29, 0.717) is 5.69 Å². The van der Waals surface area contributed by atoms with Crippen LogP contribution in [0.15, 0.2) is 91.0 Å². The van der Waals surface area contributed by atoms with Crippen LogP contribution in [0.2, 0.25) is 0 Å². The minimum absolute atomic E-state index is 0.159. The first-order valence-corrected chi connectivity index (χ1v) is 8.65. The number of para-hydroxylation sites is 1. The lowest BCUT2D eigenvalue weighted by molar-refractivity contribution is 0.262. The Morgan fingerprint density at radius 3 is 2.26 bits per heavy atom. The topological polar surface area (TPSA) is 61.4 Å². The molecule has 0 spiro atoms. The van der Waals surface area contributed by atoms with Gasteiger partial charge in [-0.25, -0.2) is 4.79 Å². The van der Waals surface area contributed by atoms with E-state index in [1.807, 2.05) is 78.9 Å². The van der Waals surface area contributed by atoms with Gasteiger partial charge in [0.2, 0.25) is 0 Å². The van der Waals surface area contributed by atoms with Crippen molar-refractivity contribution in [3.63, 3.8) is 0 Å². The predicted octanol–water partition coefficient (Wildman–Crippen LogP) is 5.86. The summed E-state index contributed by atoms with van der Waals surface area (Å²) in [6, 6.07) is 27.9. The largest absolute Gasteiger partial charge is 0.508 e. The van der Waals surface area contributed by atoms with E-state index in [4.69, 9.17) is 0 Å². The van der Waals surface area contributed by atoms with Crippen molar-refractivity contribution in [3.05, 3.63) is 91.0 Å². The highest BCUT2D eigenvalue weighted by atomic mass is 16.3. The third-order valence-electron chi connectivity index (χ3n) is 4.37. The fourth-order valence-corrected chi connectivity index (χ4v) is 3.11. The lowest BCUT2D eigenvalue weighted by atomic mass is 10.0. The third-order valence-corrected chi connectivity index (χ3v) is 4.37. The molecule has 0 fully saturated rings. The number of urea groups is 1. The fraction of sp³-hybridized carbons (Fsp3) is 0. The average molecular weight is 354 g/mol. The van der Waals surface area contributed by atoms with E-state index in [9.17, 15) is 9.90 Å². The first-order chi connectivity index (χ1) is 13.2. The van der Waals surface area contributed by atoms with Crippen LogP contribution < -0.4 is 10.6 Å². The molecule has 0 aliphatic carbocycles. The highest BCUT2D eigenvalue weighted by Gasteiger charge is 2.10. The van der Waals surface area contributed by atoms with Gasteiger partial charge in [0.25, 0.3) is 0 Å². The molecule has 0 aromatic heterocycles. The number of rotatable bonds is 3. The van der Waals surface area contributed by atoms with Gasteiger partial charge >= 0.3 is 6.03 Å². The molecule has 132 valence electrons. The number of carbonyl (C=O) groups excluding carboxylic acids is 1. The maximum Gasteiger partial charge on any atom is 0.323 e. The first kappa shape index (κ1) is 16.7. The third kappa shape index (κ3) is 3.60. The maximum atomic E-state index is 12.6. The molecular formula is C23H18N2O2. The Balaban J connectivity index is 1.61. The molecule has 3 N–H and O–H groups in total. The summed E-state index contributed by atoms with van der Waals surface area (Å²) >= 11 is 0. The molecule has 0 radical (unpaired) electrons. The van der Waals surface area contributed by atoms with Crippen molar-refractivity contribution in [2.24, 2.45) is 0 Å². The van der Waals surface area contributed by atoms with Crippen LogP contribution in [0.1, 0.15) is 0 Å². The number of aromatic hydroxyl groups is 1. The quantitative estimate of drug-likeness (QED) is 0.432. The van der Waals surface area contributed by atoms with Crippen LogP contribution in [0.25, 0.3) is 21.9 Å². The lowest BCUT2D eigenvalue weighted by Crippen LogP contribution is -2.20. The summed E-state index contributed by atoms with van der Waals surface area (Å²) in [7, 11) is 0. The smallest absolute Gasteiger partial charge is 0.323 e. The van der Waals surface area contributed by atoms with Crippen molar-refractivity contribution in [3.8, 4) is 16.9 Å². The van der Waals surface area contributed by atoms with Gasteiger partial charge in [-0.3, -0.25) is 0 Å². The zero-order valence-electron chi connectivity index (χ0n) is 14.5. The molecule has 0 unspecified atom stereocenters. The number of amides is 2. The van der Waals surface area contributed by atoms with Gasteiger partial charge < -0.3 is 15.7 Å². The van der Waals surface area contributed by atoms with Crippen molar-refractivity contribution in [2.45, 2.75) is 0 Å². The molecule has 27 heavy (non-hydrogen) atoms. The van der Waals surface area contributed by atoms with Gasteiger partial charge in [0.15, 0.2) is 0 Å². The molecule has 4 aromatic rings. The number of carbonyl (C=O) groups is 1. The van der Waals surface area contributed by atoms with E-state index in [-0.39, 0.29) is 11.8 Å². The molecule has 0 aliphatic heterocycles. The second-order valence-corrected chi connectivity index (χ2v) is 6.20. The van der Waals surface area contributed by atoms with Crippen LogP contribution in [0.3, 0.4) is 0 Å². The molecule has 0 saturated heterocycles. The highest BCUT2D eigenvalue weighted by molar-refractivity contribution is 6.07. The number of benzene rings is 4. The second-order valence-electron chi connectivity index (χ2n) is 6.20. The standard InChI is InChI=1S/C23H18N2O2/c26-18-14-13-17-9-6-12-22(20(17)15-18)25-23(27)24-21-11-5-4-10-19(21)16-7-2-1-3-8-16/h1-15,26H,(H2,24,25,27). The van der Waals surface area contributed by atoms with Crippen molar-refractivity contribution in [1.82, 2.24) is 0 Å². The number of fused-ring (bicyclic) bond motifs is 1. The summed E-state index contributed by atoms with van der Waals surface area (Å²) in [5.74, 6) is 0.159. The Labute approximate surface area is 157 Å². The SMILES string of the molecule is O=C(Nc1ccccc1-c1ccccc1)Nc1cccc2ccc(O)cc12. The van der Waals surface area contributed by atoms with E-state index in [1.165, 1.54) is 0 Å². The van der Waals surface area contributed by atoms with E-state index < -0.39 is 0 Å². The normalized spacial score (nSPS) is 10.5. The van der Waals surface area contributed by atoms with Gasteiger partial charge in [0.1, 0.15) is 5.75 Å². The van der Waals surface area contributed by atoms with E-state index >= 15 is 0 Å². The number of phenols is 1.